The van der Waals surface area contributed by atoms with Crippen LogP contribution in [0.25, 0.3) is 0 Å². The molecular weight excluding hydrogens is 248 g/mol. The van der Waals surface area contributed by atoms with Crippen LogP contribution in [0.4, 0.5) is 4.79 Å². The molecule has 7 nitrogen and oxygen atoms in total. The van der Waals surface area contributed by atoms with Crippen LogP contribution in [-0.2, 0) is 11.2 Å². The normalized spacial score (nSPS) is 15.8. The van der Waals surface area contributed by atoms with Crippen LogP contribution in [0.2, 0.25) is 0 Å². The number of hydrogen-bond acceptors (Lipinski definition) is 3. The number of nitrogens with zero attached hydrogens (tertiary/aromatic N) is 2. The van der Waals surface area contributed by atoms with Gasteiger partial charge in [0.25, 0.3) is 0 Å². The Morgan fingerprint density at radius 3 is 2.89 bits per heavy atom. The highest BCUT2D eigenvalue weighted by Crippen LogP contribution is 2.29. The van der Waals surface area contributed by atoms with E-state index in [0.717, 1.165) is 12.8 Å². The maximum Gasteiger partial charge on any atom is 0.326 e. The number of carboxylic acids is 1. The van der Waals surface area contributed by atoms with Crippen LogP contribution in [0.1, 0.15) is 18.5 Å². The maximum atomic E-state index is 11.9. The number of aromatic amines is 1. The van der Waals surface area contributed by atoms with E-state index >= 15 is 0 Å². The third kappa shape index (κ3) is 3.97. The first-order valence-electron chi connectivity index (χ1n) is 6.28. The molecule has 0 bridgehead atoms. The van der Waals surface area contributed by atoms with Gasteiger partial charge in [0.1, 0.15) is 6.04 Å². The molecule has 1 saturated carbocycles. The molecule has 19 heavy (non-hydrogen) atoms. The molecule has 3 N–H and O–H groups in total. The van der Waals surface area contributed by atoms with Gasteiger partial charge < -0.3 is 20.3 Å². The Kier molecular flexibility index (Phi) is 4.03. The van der Waals surface area contributed by atoms with Gasteiger partial charge in [-0.15, -0.1) is 0 Å². The number of hydrogen-bond donors (Lipinski definition) is 3. The second-order valence-electron chi connectivity index (χ2n) is 4.95. The van der Waals surface area contributed by atoms with Gasteiger partial charge >= 0.3 is 12.0 Å². The second-order valence-corrected chi connectivity index (χ2v) is 4.95. The molecular formula is C12H18N4O3. The summed E-state index contributed by atoms with van der Waals surface area (Å²) in [5, 5.41) is 11.7. The highest BCUT2D eigenvalue weighted by atomic mass is 16.4. The maximum absolute atomic E-state index is 11.9. The lowest BCUT2D eigenvalue weighted by molar-refractivity contribution is -0.139. The minimum absolute atomic E-state index is 0.193. The summed E-state index contributed by atoms with van der Waals surface area (Å²) in [5.74, 6) is -0.477. The summed E-state index contributed by atoms with van der Waals surface area (Å²) in [6.45, 7) is 0.683. The number of urea groups is 1. The summed E-state index contributed by atoms with van der Waals surface area (Å²) in [7, 11) is 1.68. The van der Waals surface area contributed by atoms with E-state index in [1.54, 1.807) is 18.1 Å². The van der Waals surface area contributed by atoms with Crippen LogP contribution in [-0.4, -0.2) is 51.6 Å². The molecule has 104 valence electrons. The molecule has 0 radical (unpaired) electrons. The topological polar surface area (TPSA) is 98.3 Å². The minimum atomic E-state index is -1.05. The number of carboxylic acid groups (broad SMARTS) is 1. The molecule has 1 fully saturated rings. The molecule has 0 unspecified atom stereocenters. The minimum Gasteiger partial charge on any atom is -0.480 e. The summed E-state index contributed by atoms with van der Waals surface area (Å²) < 4.78 is 0. The van der Waals surface area contributed by atoms with Gasteiger partial charge in [-0.25, -0.2) is 14.6 Å². The standard InChI is InChI=1S/C12H18N4O3/c1-16(6-8-2-3-8)12(19)15-10(11(17)18)4-9-5-13-7-14-9/h5,7-8,10H,2-4,6H2,1H3,(H,13,14)(H,15,19)(H,17,18)/t10-/m1/s1. The van der Waals surface area contributed by atoms with Crippen molar-refractivity contribution in [1.82, 2.24) is 20.2 Å². The number of carbonyl (C=O) groups is 2. The highest BCUT2D eigenvalue weighted by molar-refractivity contribution is 5.82. The number of rotatable bonds is 6. The average Bonchev–Trinajstić information content (AvgIpc) is 3.02. The predicted octanol–water partition coefficient (Wildman–Crippen LogP) is 0.457. The van der Waals surface area contributed by atoms with Gasteiger partial charge in [0.15, 0.2) is 0 Å². The molecule has 1 heterocycles. The Hall–Kier alpha value is -2.05. The Balaban J connectivity index is 1.88. The van der Waals surface area contributed by atoms with Crippen molar-refractivity contribution in [3.8, 4) is 0 Å². The third-order valence-corrected chi connectivity index (χ3v) is 3.15. The molecule has 1 aromatic heterocycles. The molecule has 2 amide bonds. The van der Waals surface area contributed by atoms with E-state index in [2.05, 4.69) is 15.3 Å². The lowest BCUT2D eigenvalue weighted by Crippen LogP contribution is -2.48. The zero-order valence-corrected chi connectivity index (χ0v) is 10.8. The van der Waals surface area contributed by atoms with Crippen molar-refractivity contribution in [3.63, 3.8) is 0 Å². The van der Waals surface area contributed by atoms with Crippen LogP contribution in [0.15, 0.2) is 12.5 Å². The quantitative estimate of drug-likeness (QED) is 0.696. The van der Waals surface area contributed by atoms with Gasteiger partial charge in [-0.05, 0) is 18.8 Å². The first kappa shape index (κ1) is 13.4. The third-order valence-electron chi connectivity index (χ3n) is 3.15. The number of aromatic nitrogens is 2. The first-order valence-corrected chi connectivity index (χ1v) is 6.28. The Labute approximate surface area is 111 Å². The number of imidazole rings is 1. The van der Waals surface area contributed by atoms with Crippen molar-refractivity contribution >= 4 is 12.0 Å². The molecule has 0 aliphatic heterocycles. The Bertz CT molecular complexity index is 442. The number of carbonyl (C=O) groups excluding carboxylic acids is 1. The van der Waals surface area contributed by atoms with Crippen LogP contribution in [0.5, 0.6) is 0 Å². The van der Waals surface area contributed by atoms with Gasteiger partial charge in [-0.1, -0.05) is 0 Å². The lowest BCUT2D eigenvalue weighted by Gasteiger charge is -2.21. The summed E-state index contributed by atoms with van der Waals surface area (Å²) in [4.78, 5) is 31.2. The van der Waals surface area contributed by atoms with E-state index in [4.69, 9.17) is 5.11 Å². The van der Waals surface area contributed by atoms with Crippen molar-refractivity contribution in [2.45, 2.75) is 25.3 Å². The van der Waals surface area contributed by atoms with E-state index in [0.29, 0.717) is 18.2 Å². The van der Waals surface area contributed by atoms with E-state index in [9.17, 15) is 9.59 Å². The molecule has 1 atom stereocenters. The monoisotopic (exact) mass is 266 g/mol. The largest absolute Gasteiger partial charge is 0.480 e. The van der Waals surface area contributed by atoms with Crippen molar-refractivity contribution < 1.29 is 14.7 Å². The molecule has 0 spiro atoms. The van der Waals surface area contributed by atoms with E-state index in [1.807, 2.05) is 0 Å². The summed E-state index contributed by atoms with van der Waals surface area (Å²) in [6.07, 6.45) is 5.52. The molecule has 2 rings (SSSR count). The first-order chi connectivity index (χ1) is 9.06. The predicted molar refractivity (Wildman–Crippen MR) is 67.6 cm³/mol. The summed E-state index contributed by atoms with van der Waals surface area (Å²) >= 11 is 0. The van der Waals surface area contributed by atoms with Gasteiger partial charge in [0.05, 0.1) is 6.33 Å². The second kappa shape index (κ2) is 5.73. The van der Waals surface area contributed by atoms with Crippen LogP contribution >= 0.6 is 0 Å². The Morgan fingerprint density at radius 1 is 1.63 bits per heavy atom. The van der Waals surface area contributed by atoms with E-state index in [1.165, 1.54) is 6.33 Å². The molecule has 0 saturated heterocycles. The molecule has 7 heteroatoms. The number of nitrogens with one attached hydrogen (secondary N) is 2. The van der Waals surface area contributed by atoms with Crippen molar-refractivity contribution in [2.75, 3.05) is 13.6 Å². The van der Waals surface area contributed by atoms with Crippen LogP contribution in [0.3, 0.4) is 0 Å². The van der Waals surface area contributed by atoms with Gasteiger partial charge in [0, 0.05) is 31.9 Å². The summed E-state index contributed by atoms with van der Waals surface area (Å²) in [6, 6.07) is -1.30. The average molecular weight is 266 g/mol. The molecule has 1 aromatic rings. The fourth-order valence-corrected chi connectivity index (χ4v) is 1.85. The fraction of sp³-hybridized carbons (Fsp3) is 0.583. The van der Waals surface area contributed by atoms with E-state index < -0.39 is 12.0 Å². The lowest BCUT2D eigenvalue weighted by atomic mass is 10.1. The number of amides is 2. The van der Waals surface area contributed by atoms with Gasteiger partial charge in [-0.2, -0.15) is 0 Å². The number of H-pyrrole nitrogens is 1. The van der Waals surface area contributed by atoms with Crippen LogP contribution in [0, 0.1) is 5.92 Å². The van der Waals surface area contributed by atoms with Crippen LogP contribution < -0.4 is 5.32 Å². The van der Waals surface area contributed by atoms with Gasteiger partial charge in [0.2, 0.25) is 0 Å². The van der Waals surface area contributed by atoms with Crippen molar-refractivity contribution in [1.29, 1.82) is 0 Å². The summed E-state index contributed by atoms with van der Waals surface area (Å²) in [5.41, 5.74) is 0.678. The molecule has 0 aromatic carbocycles. The molecule has 1 aliphatic rings. The number of aliphatic carboxylic acids is 1. The van der Waals surface area contributed by atoms with Crippen molar-refractivity contribution in [3.05, 3.63) is 18.2 Å². The molecule has 1 aliphatic carbocycles. The fourth-order valence-electron chi connectivity index (χ4n) is 1.85. The van der Waals surface area contributed by atoms with E-state index in [-0.39, 0.29) is 12.5 Å². The SMILES string of the molecule is CN(CC1CC1)C(=O)N[C@H](Cc1cnc[nH]1)C(=O)O. The zero-order valence-electron chi connectivity index (χ0n) is 10.8. The zero-order chi connectivity index (χ0) is 13.8. The smallest absolute Gasteiger partial charge is 0.326 e. The van der Waals surface area contributed by atoms with Gasteiger partial charge in [-0.3, -0.25) is 0 Å². The van der Waals surface area contributed by atoms with Crippen molar-refractivity contribution in [2.24, 2.45) is 5.92 Å². The Morgan fingerprint density at radius 2 is 2.37 bits per heavy atom. The highest BCUT2D eigenvalue weighted by Gasteiger charge is 2.27.